The summed E-state index contributed by atoms with van der Waals surface area (Å²) in [6.07, 6.45) is 9.08. The van der Waals surface area contributed by atoms with E-state index in [4.69, 9.17) is 19.4 Å². The first-order valence-electron chi connectivity index (χ1n) is 10.7. The Morgan fingerprint density at radius 1 is 0.741 bits per heavy atom. The Labute approximate surface area is 162 Å². The molecule has 6 heteroatoms. The van der Waals surface area contributed by atoms with Crippen LogP contribution in [-0.4, -0.2) is 62.6 Å². The SMILES string of the molecule is Cc1c(N2CCC3(CCOCC3)C2)ncnc1N1CCC2(CCOCC2)C1. The molecule has 0 bridgehead atoms. The van der Waals surface area contributed by atoms with Gasteiger partial charge in [0.1, 0.15) is 18.0 Å². The van der Waals surface area contributed by atoms with E-state index in [1.165, 1.54) is 44.1 Å². The summed E-state index contributed by atoms with van der Waals surface area (Å²) in [5, 5.41) is 0. The molecule has 0 aromatic carbocycles. The zero-order valence-electron chi connectivity index (χ0n) is 16.6. The molecular weight excluding hydrogens is 340 g/mol. The molecule has 0 amide bonds. The maximum atomic E-state index is 5.60. The third-order valence-corrected chi connectivity index (χ3v) is 7.61. The van der Waals surface area contributed by atoms with Gasteiger partial charge in [0.05, 0.1) is 0 Å². The van der Waals surface area contributed by atoms with Crippen molar-refractivity contribution >= 4 is 11.6 Å². The molecule has 4 aliphatic heterocycles. The van der Waals surface area contributed by atoms with E-state index in [2.05, 4.69) is 16.7 Å². The summed E-state index contributed by atoms with van der Waals surface area (Å²) in [5.41, 5.74) is 2.14. The fourth-order valence-electron chi connectivity index (χ4n) is 5.73. The van der Waals surface area contributed by atoms with Crippen molar-refractivity contribution in [2.45, 2.75) is 45.4 Å². The van der Waals surface area contributed by atoms with Crippen LogP contribution in [0.1, 0.15) is 44.1 Å². The molecule has 0 radical (unpaired) electrons. The fraction of sp³-hybridized carbons (Fsp3) is 0.810. The van der Waals surface area contributed by atoms with Gasteiger partial charge in [0.25, 0.3) is 0 Å². The largest absolute Gasteiger partial charge is 0.381 e. The van der Waals surface area contributed by atoms with Crippen LogP contribution >= 0.6 is 0 Å². The summed E-state index contributed by atoms with van der Waals surface area (Å²) in [6, 6.07) is 0. The van der Waals surface area contributed by atoms with E-state index in [1.54, 1.807) is 6.33 Å². The molecule has 27 heavy (non-hydrogen) atoms. The number of aromatic nitrogens is 2. The Balaban J connectivity index is 1.34. The summed E-state index contributed by atoms with van der Waals surface area (Å²) < 4.78 is 11.2. The highest BCUT2D eigenvalue weighted by atomic mass is 16.5. The highest BCUT2D eigenvalue weighted by Crippen LogP contribution is 2.44. The molecule has 0 saturated carbocycles. The smallest absolute Gasteiger partial charge is 0.137 e. The normalized spacial score (nSPS) is 27.0. The predicted octanol–water partition coefficient (Wildman–Crippen LogP) is 2.80. The second-order valence-corrected chi connectivity index (χ2v) is 9.21. The Kier molecular flexibility index (Phi) is 4.51. The minimum absolute atomic E-state index is 0.440. The molecule has 1 aromatic rings. The van der Waals surface area contributed by atoms with Crippen molar-refractivity contribution in [1.82, 2.24) is 9.97 Å². The maximum absolute atomic E-state index is 5.60. The lowest BCUT2D eigenvalue weighted by Gasteiger charge is -2.34. The number of anilines is 2. The van der Waals surface area contributed by atoms with E-state index in [0.29, 0.717) is 10.8 Å². The molecular formula is C21H32N4O2. The van der Waals surface area contributed by atoms with Crippen molar-refractivity contribution in [3.8, 4) is 0 Å². The lowest BCUT2D eigenvalue weighted by molar-refractivity contribution is 0.0253. The van der Waals surface area contributed by atoms with Gasteiger partial charge in [-0.1, -0.05) is 0 Å². The first-order valence-corrected chi connectivity index (χ1v) is 10.7. The van der Waals surface area contributed by atoms with Gasteiger partial charge in [-0.15, -0.1) is 0 Å². The molecule has 5 rings (SSSR count). The van der Waals surface area contributed by atoms with E-state index in [1.807, 2.05) is 0 Å². The van der Waals surface area contributed by atoms with Crippen LogP contribution in [0, 0.1) is 17.8 Å². The summed E-state index contributed by atoms with van der Waals surface area (Å²) in [7, 11) is 0. The number of nitrogens with zero attached hydrogens (tertiary/aromatic N) is 4. The molecule has 4 aliphatic rings. The maximum Gasteiger partial charge on any atom is 0.137 e. The quantitative estimate of drug-likeness (QED) is 0.796. The van der Waals surface area contributed by atoms with Gasteiger partial charge in [0, 0.05) is 58.2 Å². The van der Waals surface area contributed by atoms with Crippen LogP contribution in [0.25, 0.3) is 0 Å². The lowest BCUT2D eigenvalue weighted by Crippen LogP contribution is -2.34. The van der Waals surface area contributed by atoms with Gasteiger partial charge >= 0.3 is 0 Å². The van der Waals surface area contributed by atoms with Crippen LogP contribution in [-0.2, 0) is 9.47 Å². The fourth-order valence-corrected chi connectivity index (χ4v) is 5.73. The zero-order valence-corrected chi connectivity index (χ0v) is 16.6. The van der Waals surface area contributed by atoms with Crippen molar-refractivity contribution in [2.24, 2.45) is 10.8 Å². The van der Waals surface area contributed by atoms with Crippen molar-refractivity contribution in [3.05, 3.63) is 11.9 Å². The highest BCUT2D eigenvalue weighted by Gasteiger charge is 2.42. The van der Waals surface area contributed by atoms with E-state index >= 15 is 0 Å². The zero-order chi connectivity index (χ0) is 18.3. The Hall–Kier alpha value is -1.40. The Morgan fingerprint density at radius 2 is 1.19 bits per heavy atom. The van der Waals surface area contributed by atoms with Gasteiger partial charge in [-0.3, -0.25) is 0 Å². The molecule has 1 aromatic heterocycles. The van der Waals surface area contributed by atoms with E-state index in [0.717, 1.165) is 64.2 Å². The first-order chi connectivity index (χ1) is 13.2. The second kappa shape index (κ2) is 6.89. The molecule has 4 saturated heterocycles. The summed E-state index contributed by atoms with van der Waals surface area (Å²) in [5.74, 6) is 2.30. The molecule has 0 aliphatic carbocycles. The Morgan fingerprint density at radius 3 is 1.63 bits per heavy atom. The van der Waals surface area contributed by atoms with Crippen molar-refractivity contribution in [2.75, 3.05) is 62.4 Å². The summed E-state index contributed by atoms with van der Waals surface area (Å²) in [4.78, 5) is 14.4. The second-order valence-electron chi connectivity index (χ2n) is 9.21. The van der Waals surface area contributed by atoms with Crippen molar-refractivity contribution in [3.63, 3.8) is 0 Å². The van der Waals surface area contributed by atoms with Crippen LogP contribution in [0.2, 0.25) is 0 Å². The summed E-state index contributed by atoms with van der Waals surface area (Å²) in [6.45, 7) is 10.3. The molecule has 4 fully saturated rings. The molecule has 0 N–H and O–H groups in total. The number of ether oxygens (including phenoxy) is 2. The van der Waals surface area contributed by atoms with E-state index < -0.39 is 0 Å². The van der Waals surface area contributed by atoms with Crippen LogP contribution < -0.4 is 9.80 Å². The van der Waals surface area contributed by atoms with Gasteiger partial charge in [0.15, 0.2) is 0 Å². The predicted molar refractivity (Wildman–Crippen MR) is 105 cm³/mol. The number of rotatable bonds is 2. The number of hydrogen-bond acceptors (Lipinski definition) is 6. The van der Waals surface area contributed by atoms with Crippen LogP contribution in [0.4, 0.5) is 11.6 Å². The van der Waals surface area contributed by atoms with Gasteiger partial charge in [-0.2, -0.15) is 0 Å². The average molecular weight is 373 g/mol. The molecule has 6 nitrogen and oxygen atoms in total. The third-order valence-electron chi connectivity index (χ3n) is 7.61. The van der Waals surface area contributed by atoms with E-state index in [-0.39, 0.29) is 0 Å². The molecule has 2 spiro atoms. The molecule has 5 heterocycles. The van der Waals surface area contributed by atoms with Gasteiger partial charge in [0.2, 0.25) is 0 Å². The van der Waals surface area contributed by atoms with Crippen molar-refractivity contribution in [1.29, 1.82) is 0 Å². The monoisotopic (exact) mass is 372 g/mol. The Bertz CT molecular complexity index is 629. The average Bonchev–Trinajstić information content (AvgIpc) is 3.28. The van der Waals surface area contributed by atoms with Crippen LogP contribution in [0.3, 0.4) is 0 Å². The first kappa shape index (κ1) is 17.7. The van der Waals surface area contributed by atoms with Crippen LogP contribution in [0.15, 0.2) is 6.33 Å². The van der Waals surface area contributed by atoms with Gasteiger partial charge in [-0.25, -0.2) is 9.97 Å². The molecule has 148 valence electrons. The third kappa shape index (κ3) is 3.21. The van der Waals surface area contributed by atoms with Crippen molar-refractivity contribution < 1.29 is 9.47 Å². The van der Waals surface area contributed by atoms with E-state index in [9.17, 15) is 0 Å². The van der Waals surface area contributed by atoms with Gasteiger partial charge in [-0.05, 0) is 56.3 Å². The van der Waals surface area contributed by atoms with Crippen LogP contribution in [0.5, 0.6) is 0 Å². The minimum Gasteiger partial charge on any atom is -0.381 e. The highest BCUT2D eigenvalue weighted by molar-refractivity contribution is 5.60. The number of hydrogen-bond donors (Lipinski definition) is 0. The molecule has 0 atom stereocenters. The summed E-state index contributed by atoms with van der Waals surface area (Å²) >= 11 is 0. The topological polar surface area (TPSA) is 50.7 Å². The lowest BCUT2D eigenvalue weighted by atomic mass is 9.80. The van der Waals surface area contributed by atoms with Gasteiger partial charge < -0.3 is 19.3 Å². The molecule has 0 unspecified atom stereocenters. The minimum atomic E-state index is 0.440. The standard InChI is InChI=1S/C21H32N4O2/c1-17-18(24-8-2-20(14-24)4-10-26-11-5-20)22-16-23-19(17)25-9-3-21(15-25)6-12-27-13-7-21/h16H,2-15H2,1H3.